The number of sulfone groups is 1. The molecule has 1 N–H and O–H groups in total. The van der Waals surface area contributed by atoms with Crippen LogP contribution in [0.5, 0.6) is 5.75 Å². The number of ether oxygens (including phenoxy) is 1. The summed E-state index contributed by atoms with van der Waals surface area (Å²) < 4.78 is 61.9. The van der Waals surface area contributed by atoms with Crippen molar-refractivity contribution in [2.75, 3.05) is 12.8 Å². The average Bonchev–Trinajstić information content (AvgIpc) is 2.27. The lowest BCUT2D eigenvalue weighted by molar-refractivity contribution is -0.274. The molecule has 1 aromatic carbocycles. The quantitative estimate of drug-likeness (QED) is 0.873. The number of rotatable bonds is 6. The van der Waals surface area contributed by atoms with Crippen molar-refractivity contribution < 1.29 is 26.3 Å². The van der Waals surface area contributed by atoms with Crippen LogP contribution in [-0.2, 0) is 16.4 Å². The monoisotopic (exact) mass is 325 g/mol. The summed E-state index contributed by atoms with van der Waals surface area (Å²) >= 11 is 0. The Balaban J connectivity index is 2.54. The minimum atomic E-state index is -4.71. The van der Waals surface area contributed by atoms with Gasteiger partial charge in [-0.25, -0.2) is 8.42 Å². The Morgan fingerprint density at radius 2 is 1.67 bits per heavy atom. The molecule has 0 heterocycles. The third kappa shape index (κ3) is 5.92. The topological polar surface area (TPSA) is 55.4 Å². The highest BCUT2D eigenvalue weighted by molar-refractivity contribution is 7.92. The van der Waals surface area contributed by atoms with Gasteiger partial charge in [0.25, 0.3) is 0 Å². The molecule has 0 aliphatic heterocycles. The third-order valence-corrected chi connectivity index (χ3v) is 5.19. The lowest BCUT2D eigenvalue weighted by atomic mass is 10.2. The molecule has 1 rings (SSSR count). The molecule has 0 amide bonds. The van der Waals surface area contributed by atoms with Crippen molar-refractivity contribution in [1.82, 2.24) is 5.32 Å². The van der Waals surface area contributed by atoms with Crippen molar-refractivity contribution in [3.05, 3.63) is 29.8 Å². The van der Waals surface area contributed by atoms with Gasteiger partial charge in [-0.3, -0.25) is 0 Å². The molecule has 0 fully saturated rings. The van der Waals surface area contributed by atoms with Gasteiger partial charge in [-0.15, -0.1) is 13.2 Å². The molecule has 0 bridgehead atoms. The van der Waals surface area contributed by atoms with Gasteiger partial charge in [0.15, 0.2) is 9.84 Å². The maximum atomic E-state index is 12.0. The smallest absolute Gasteiger partial charge is 0.406 e. The molecular formula is C13H18F3NO3S. The predicted molar refractivity (Wildman–Crippen MR) is 73.8 cm³/mol. The number of hydrogen-bond acceptors (Lipinski definition) is 4. The first-order valence-corrected chi connectivity index (χ1v) is 8.05. The molecule has 8 heteroatoms. The van der Waals surface area contributed by atoms with Crippen molar-refractivity contribution in [2.24, 2.45) is 0 Å². The molecule has 0 aromatic heterocycles. The van der Waals surface area contributed by atoms with Crippen LogP contribution in [0.25, 0.3) is 0 Å². The zero-order chi connectivity index (χ0) is 16.3. The Labute approximate surface area is 122 Å². The van der Waals surface area contributed by atoms with Crippen molar-refractivity contribution in [1.29, 1.82) is 0 Å². The van der Waals surface area contributed by atoms with E-state index in [1.165, 1.54) is 24.3 Å². The van der Waals surface area contributed by atoms with E-state index < -0.39 is 20.9 Å². The van der Waals surface area contributed by atoms with Gasteiger partial charge < -0.3 is 10.1 Å². The lowest BCUT2D eigenvalue weighted by Crippen LogP contribution is -2.41. The fourth-order valence-corrected chi connectivity index (χ4v) is 1.81. The molecule has 0 spiro atoms. The largest absolute Gasteiger partial charge is 0.573 e. The van der Waals surface area contributed by atoms with E-state index in [0.29, 0.717) is 6.54 Å². The molecule has 0 radical (unpaired) electrons. The van der Waals surface area contributed by atoms with Gasteiger partial charge in [0.1, 0.15) is 5.75 Å². The summed E-state index contributed by atoms with van der Waals surface area (Å²) in [6, 6.07) is 5.40. The second-order valence-corrected chi connectivity index (χ2v) is 7.98. The van der Waals surface area contributed by atoms with E-state index in [0.717, 1.165) is 11.8 Å². The van der Waals surface area contributed by atoms with Crippen LogP contribution in [0.15, 0.2) is 24.3 Å². The SMILES string of the molecule is CC(C)(CNCc1ccc(OC(F)(F)F)cc1)S(C)(=O)=O. The van der Waals surface area contributed by atoms with Crippen LogP contribution >= 0.6 is 0 Å². The average molecular weight is 325 g/mol. The Bertz CT molecular complexity index is 565. The van der Waals surface area contributed by atoms with Crippen LogP contribution in [0.2, 0.25) is 0 Å². The molecule has 0 saturated carbocycles. The zero-order valence-corrected chi connectivity index (χ0v) is 12.8. The van der Waals surface area contributed by atoms with Crippen molar-refractivity contribution in [3.8, 4) is 5.75 Å². The molecular weight excluding hydrogens is 307 g/mol. The summed E-state index contributed by atoms with van der Waals surface area (Å²) in [5.74, 6) is -0.289. The maximum absolute atomic E-state index is 12.0. The van der Waals surface area contributed by atoms with E-state index in [4.69, 9.17) is 0 Å². The molecule has 0 saturated heterocycles. The van der Waals surface area contributed by atoms with E-state index in [9.17, 15) is 21.6 Å². The molecule has 0 unspecified atom stereocenters. The van der Waals surface area contributed by atoms with E-state index in [2.05, 4.69) is 10.1 Å². The fourth-order valence-electron chi connectivity index (χ4n) is 1.45. The summed E-state index contributed by atoms with van der Waals surface area (Å²) in [6.07, 6.45) is -3.54. The highest BCUT2D eigenvalue weighted by Gasteiger charge is 2.31. The predicted octanol–water partition coefficient (Wildman–Crippen LogP) is 2.50. The molecule has 21 heavy (non-hydrogen) atoms. The van der Waals surface area contributed by atoms with Crippen LogP contribution in [0.4, 0.5) is 13.2 Å². The van der Waals surface area contributed by atoms with Gasteiger partial charge in [0, 0.05) is 19.3 Å². The Morgan fingerprint density at radius 3 is 2.10 bits per heavy atom. The second kappa shape index (κ2) is 6.23. The number of halogens is 3. The van der Waals surface area contributed by atoms with Gasteiger partial charge in [0.2, 0.25) is 0 Å². The van der Waals surface area contributed by atoms with E-state index in [1.54, 1.807) is 13.8 Å². The Morgan fingerprint density at radius 1 is 1.14 bits per heavy atom. The summed E-state index contributed by atoms with van der Waals surface area (Å²) in [5.41, 5.74) is 0.730. The van der Waals surface area contributed by atoms with Gasteiger partial charge >= 0.3 is 6.36 Å². The minimum Gasteiger partial charge on any atom is -0.406 e. The van der Waals surface area contributed by atoms with Gasteiger partial charge in [-0.2, -0.15) is 0 Å². The van der Waals surface area contributed by atoms with Crippen LogP contribution in [0, 0.1) is 0 Å². The molecule has 0 atom stereocenters. The molecule has 4 nitrogen and oxygen atoms in total. The van der Waals surface area contributed by atoms with Crippen LogP contribution in [-0.4, -0.2) is 32.3 Å². The first kappa shape index (κ1) is 17.8. The minimum absolute atomic E-state index is 0.243. The van der Waals surface area contributed by atoms with Crippen molar-refractivity contribution in [3.63, 3.8) is 0 Å². The van der Waals surface area contributed by atoms with Crippen LogP contribution in [0.1, 0.15) is 19.4 Å². The van der Waals surface area contributed by atoms with E-state index >= 15 is 0 Å². The lowest BCUT2D eigenvalue weighted by Gasteiger charge is -2.22. The van der Waals surface area contributed by atoms with Crippen molar-refractivity contribution >= 4 is 9.84 Å². The number of alkyl halides is 3. The van der Waals surface area contributed by atoms with Crippen LogP contribution in [0.3, 0.4) is 0 Å². The first-order valence-electron chi connectivity index (χ1n) is 6.16. The summed E-state index contributed by atoms with van der Waals surface area (Å²) in [5, 5.41) is 2.97. The summed E-state index contributed by atoms with van der Waals surface area (Å²) in [7, 11) is -3.19. The first-order chi connectivity index (χ1) is 9.41. The highest BCUT2D eigenvalue weighted by atomic mass is 32.2. The third-order valence-electron chi connectivity index (χ3n) is 3.04. The number of nitrogens with one attached hydrogen (secondary N) is 1. The summed E-state index contributed by atoms with van der Waals surface area (Å²) in [4.78, 5) is 0. The second-order valence-electron chi connectivity index (χ2n) is 5.33. The van der Waals surface area contributed by atoms with Gasteiger partial charge in [0.05, 0.1) is 4.75 Å². The normalized spacial score (nSPS) is 13.2. The van der Waals surface area contributed by atoms with Crippen molar-refractivity contribution in [2.45, 2.75) is 31.5 Å². The number of hydrogen-bond donors (Lipinski definition) is 1. The molecule has 0 aliphatic rings. The highest BCUT2D eigenvalue weighted by Crippen LogP contribution is 2.22. The maximum Gasteiger partial charge on any atom is 0.573 e. The number of benzene rings is 1. The van der Waals surface area contributed by atoms with Gasteiger partial charge in [-0.1, -0.05) is 12.1 Å². The van der Waals surface area contributed by atoms with E-state index in [1.807, 2.05) is 0 Å². The van der Waals surface area contributed by atoms with E-state index in [-0.39, 0.29) is 12.3 Å². The Kier molecular flexibility index (Phi) is 5.27. The molecule has 120 valence electrons. The Hall–Kier alpha value is -1.28. The van der Waals surface area contributed by atoms with Crippen LogP contribution < -0.4 is 10.1 Å². The fraction of sp³-hybridized carbons (Fsp3) is 0.538. The van der Waals surface area contributed by atoms with Gasteiger partial charge in [-0.05, 0) is 31.5 Å². The molecule has 0 aliphatic carbocycles. The zero-order valence-electron chi connectivity index (χ0n) is 12.0. The standard InChI is InChI=1S/C13H18F3NO3S/c1-12(2,21(3,18)19)9-17-8-10-4-6-11(7-5-10)20-13(14,15)16/h4-7,17H,8-9H2,1-3H3. The molecule has 1 aromatic rings. The summed E-state index contributed by atoms with van der Waals surface area (Å²) in [6.45, 7) is 3.81.